The maximum atomic E-state index is 11.2. The second-order valence-corrected chi connectivity index (χ2v) is 5.17. The number of carbonyl (C=O) groups excluding carboxylic acids is 1. The van der Waals surface area contributed by atoms with Gasteiger partial charge in [0.05, 0.1) is 11.3 Å². The lowest BCUT2D eigenvalue weighted by Crippen LogP contribution is -2.04. The van der Waals surface area contributed by atoms with Crippen LogP contribution in [-0.4, -0.2) is 26.0 Å². The lowest BCUT2D eigenvalue weighted by Gasteiger charge is -2.04. The highest BCUT2D eigenvalue weighted by Gasteiger charge is 2.31. The van der Waals surface area contributed by atoms with Gasteiger partial charge in [-0.05, 0) is 26.7 Å². The van der Waals surface area contributed by atoms with Crippen LogP contribution in [0, 0.1) is 13.8 Å². The van der Waals surface area contributed by atoms with Crippen LogP contribution in [0.1, 0.15) is 46.3 Å². The summed E-state index contributed by atoms with van der Waals surface area (Å²) < 4.78 is 1.53. The first-order valence-electron chi connectivity index (χ1n) is 6.16. The van der Waals surface area contributed by atoms with Crippen LogP contribution in [0.15, 0.2) is 6.07 Å². The quantitative estimate of drug-likeness (QED) is 0.809. The third kappa shape index (κ3) is 2.14. The summed E-state index contributed by atoms with van der Waals surface area (Å²) in [6.07, 6.45) is 2.91. The molecule has 6 heteroatoms. The number of hydrogen-bond donors (Lipinski definition) is 0. The highest BCUT2D eigenvalue weighted by molar-refractivity contribution is 6.32. The number of aryl methyl sites for hydroxylation is 2. The third-order valence-corrected chi connectivity index (χ3v) is 3.51. The van der Waals surface area contributed by atoms with Gasteiger partial charge in [-0.15, -0.1) is 0 Å². The van der Waals surface area contributed by atoms with Gasteiger partial charge in [0, 0.05) is 17.7 Å². The van der Waals surface area contributed by atoms with E-state index in [9.17, 15) is 4.79 Å². The number of aromatic nitrogens is 4. The minimum atomic E-state index is 0.328. The Morgan fingerprint density at radius 1 is 1.37 bits per heavy atom. The van der Waals surface area contributed by atoms with Crippen molar-refractivity contribution in [2.45, 2.75) is 32.6 Å². The molecule has 19 heavy (non-hydrogen) atoms. The van der Waals surface area contributed by atoms with Crippen molar-refractivity contribution in [2.24, 2.45) is 0 Å². The topological polar surface area (TPSA) is 60.7 Å². The number of halogens is 1. The molecule has 0 bridgehead atoms. The van der Waals surface area contributed by atoms with E-state index in [0.29, 0.717) is 28.3 Å². The summed E-state index contributed by atoms with van der Waals surface area (Å²) in [5.41, 5.74) is 2.11. The Morgan fingerprint density at radius 2 is 2.11 bits per heavy atom. The van der Waals surface area contributed by atoms with E-state index in [1.54, 1.807) is 6.07 Å². The molecule has 0 amide bonds. The summed E-state index contributed by atoms with van der Waals surface area (Å²) in [6.45, 7) is 3.70. The van der Waals surface area contributed by atoms with E-state index in [-0.39, 0.29) is 0 Å². The molecule has 0 atom stereocenters. The standard InChI is InChI=1S/C13H13ClN4O/c1-7-5-11(16-8(2)15-7)18-13(14)10(6-19)12(17-18)9-3-4-9/h5-6,9H,3-4H2,1-2H3. The maximum absolute atomic E-state index is 11.2. The van der Waals surface area contributed by atoms with E-state index in [4.69, 9.17) is 11.6 Å². The van der Waals surface area contributed by atoms with Crippen LogP contribution < -0.4 is 0 Å². The first-order valence-corrected chi connectivity index (χ1v) is 6.54. The van der Waals surface area contributed by atoms with Crippen molar-refractivity contribution < 1.29 is 4.79 Å². The van der Waals surface area contributed by atoms with Crippen molar-refractivity contribution in [3.05, 3.63) is 34.0 Å². The summed E-state index contributed by atoms with van der Waals surface area (Å²) in [4.78, 5) is 19.7. The number of carbonyl (C=O) groups is 1. The van der Waals surface area contributed by atoms with E-state index in [1.165, 1.54) is 4.68 Å². The van der Waals surface area contributed by atoms with Gasteiger partial charge in [-0.25, -0.2) is 14.6 Å². The molecule has 1 aliphatic carbocycles. The van der Waals surface area contributed by atoms with Gasteiger partial charge < -0.3 is 0 Å². The van der Waals surface area contributed by atoms with Crippen LogP contribution in [0.4, 0.5) is 0 Å². The summed E-state index contributed by atoms with van der Waals surface area (Å²) in [7, 11) is 0. The number of aldehydes is 1. The molecule has 98 valence electrons. The fraction of sp³-hybridized carbons (Fsp3) is 0.385. The molecule has 0 spiro atoms. The van der Waals surface area contributed by atoms with Gasteiger partial charge >= 0.3 is 0 Å². The highest BCUT2D eigenvalue weighted by atomic mass is 35.5. The van der Waals surface area contributed by atoms with Crippen molar-refractivity contribution >= 4 is 17.9 Å². The van der Waals surface area contributed by atoms with Crippen LogP contribution in [0.25, 0.3) is 5.82 Å². The van der Waals surface area contributed by atoms with Gasteiger partial charge in [-0.3, -0.25) is 4.79 Å². The predicted octanol–water partition coefficient (Wildman–Crippen LogP) is 2.62. The van der Waals surface area contributed by atoms with Gasteiger partial charge in [0.1, 0.15) is 11.0 Å². The summed E-state index contributed by atoms with van der Waals surface area (Å²) in [6, 6.07) is 1.80. The van der Waals surface area contributed by atoms with E-state index in [2.05, 4.69) is 15.1 Å². The Kier molecular flexibility index (Phi) is 2.86. The predicted molar refractivity (Wildman–Crippen MR) is 71.0 cm³/mol. The highest BCUT2D eigenvalue weighted by Crippen LogP contribution is 2.42. The van der Waals surface area contributed by atoms with Crippen LogP contribution in [0.5, 0.6) is 0 Å². The Morgan fingerprint density at radius 3 is 2.68 bits per heavy atom. The largest absolute Gasteiger partial charge is 0.298 e. The summed E-state index contributed by atoms with van der Waals surface area (Å²) in [5.74, 6) is 1.62. The maximum Gasteiger partial charge on any atom is 0.159 e. The van der Waals surface area contributed by atoms with E-state index >= 15 is 0 Å². The van der Waals surface area contributed by atoms with Gasteiger partial charge in [0.2, 0.25) is 0 Å². The van der Waals surface area contributed by atoms with Gasteiger partial charge in [0.15, 0.2) is 12.1 Å². The van der Waals surface area contributed by atoms with Crippen molar-refractivity contribution in [3.8, 4) is 5.82 Å². The lowest BCUT2D eigenvalue weighted by molar-refractivity contribution is 0.112. The first-order chi connectivity index (χ1) is 9.10. The molecule has 1 aliphatic rings. The number of nitrogens with zero attached hydrogens (tertiary/aromatic N) is 4. The van der Waals surface area contributed by atoms with E-state index in [1.807, 2.05) is 13.8 Å². The number of hydrogen-bond acceptors (Lipinski definition) is 4. The first kappa shape index (κ1) is 12.3. The Labute approximate surface area is 115 Å². The molecule has 2 heterocycles. The molecule has 5 nitrogen and oxygen atoms in total. The molecule has 1 saturated carbocycles. The molecule has 2 aromatic heterocycles. The summed E-state index contributed by atoms with van der Waals surface area (Å²) in [5, 5.41) is 4.79. The Hall–Kier alpha value is -1.75. The lowest BCUT2D eigenvalue weighted by atomic mass is 10.2. The van der Waals surface area contributed by atoms with Crippen LogP contribution in [0.2, 0.25) is 5.15 Å². The second-order valence-electron chi connectivity index (χ2n) is 4.81. The zero-order valence-electron chi connectivity index (χ0n) is 10.7. The minimum Gasteiger partial charge on any atom is -0.298 e. The monoisotopic (exact) mass is 276 g/mol. The second kappa shape index (κ2) is 4.42. The molecule has 0 saturated heterocycles. The molecule has 1 fully saturated rings. The fourth-order valence-corrected chi connectivity index (χ4v) is 2.42. The molecule has 0 unspecified atom stereocenters. The van der Waals surface area contributed by atoms with Gasteiger partial charge in [-0.2, -0.15) is 5.10 Å². The molecule has 3 rings (SSSR count). The average molecular weight is 277 g/mol. The molecule has 2 aromatic rings. The SMILES string of the molecule is Cc1cc(-n2nc(C3CC3)c(C=O)c2Cl)nc(C)n1. The molecular weight excluding hydrogens is 264 g/mol. The smallest absolute Gasteiger partial charge is 0.159 e. The average Bonchev–Trinajstić information content (AvgIpc) is 3.12. The molecular formula is C13H13ClN4O. The van der Waals surface area contributed by atoms with Crippen molar-refractivity contribution in [1.29, 1.82) is 0 Å². The Bertz CT molecular complexity index is 641. The van der Waals surface area contributed by atoms with Gasteiger partial charge in [0.25, 0.3) is 0 Å². The van der Waals surface area contributed by atoms with Crippen LogP contribution in [-0.2, 0) is 0 Å². The molecule has 0 aliphatic heterocycles. The van der Waals surface area contributed by atoms with Crippen LogP contribution >= 0.6 is 11.6 Å². The van der Waals surface area contributed by atoms with Crippen molar-refractivity contribution in [1.82, 2.24) is 19.7 Å². The number of rotatable bonds is 3. The fourth-order valence-electron chi connectivity index (χ4n) is 2.15. The van der Waals surface area contributed by atoms with Gasteiger partial charge in [-0.1, -0.05) is 11.6 Å². The molecule has 0 aromatic carbocycles. The summed E-state index contributed by atoms with van der Waals surface area (Å²) >= 11 is 6.25. The van der Waals surface area contributed by atoms with E-state index < -0.39 is 0 Å². The Balaban J connectivity index is 2.16. The van der Waals surface area contributed by atoms with Crippen LogP contribution in [0.3, 0.4) is 0 Å². The zero-order chi connectivity index (χ0) is 13.6. The third-order valence-electron chi connectivity index (χ3n) is 3.14. The normalized spacial score (nSPS) is 14.7. The van der Waals surface area contributed by atoms with E-state index in [0.717, 1.165) is 30.5 Å². The van der Waals surface area contributed by atoms with Crippen molar-refractivity contribution in [2.75, 3.05) is 0 Å². The minimum absolute atomic E-state index is 0.328. The zero-order valence-corrected chi connectivity index (χ0v) is 11.5. The molecule has 0 radical (unpaired) electrons. The van der Waals surface area contributed by atoms with Crippen molar-refractivity contribution in [3.63, 3.8) is 0 Å². The molecule has 0 N–H and O–H groups in total.